The number of nitrogens with zero attached hydrogens (tertiary/aromatic N) is 4. The fraction of sp³-hybridized carbons (Fsp3) is 0.409. The maximum Gasteiger partial charge on any atom is 0.256 e. The average molecular weight is 427 g/mol. The number of aliphatic hydroxyl groups is 2. The second kappa shape index (κ2) is 8.24. The predicted molar refractivity (Wildman–Crippen MR) is 113 cm³/mol. The number of fused-ring (bicyclic) bond motifs is 1. The van der Waals surface area contributed by atoms with Crippen LogP contribution in [0.5, 0.6) is 0 Å². The normalized spacial score (nSPS) is 16.8. The first-order valence-electron chi connectivity index (χ1n) is 10.3. The Kier molecular flexibility index (Phi) is 5.63. The number of amides is 1. The van der Waals surface area contributed by atoms with E-state index in [1.54, 1.807) is 26.1 Å². The molecule has 8 nitrogen and oxygen atoms in total. The molecular weight excluding hydrogens is 401 g/mol. The Hall–Kier alpha value is -3.04. The van der Waals surface area contributed by atoms with Gasteiger partial charge in [-0.15, -0.1) is 0 Å². The van der Waals surface area contributed by atoms with Gasteiger partial charge >= 0.3 is 0 Å². The zero-order chi connectivity index (χ0) is 22.2. The summed E-state index contributed by atoms with van der Waals surface area (Å²) in [5.74, 6) is -0.0587. The van der Waals surface area contributed by atoms with Crippen molar-refractivity contribution < 1.29 is 19.4 Å². The average Bonchev–Trinajstić information content (AvgIpc) is 3.38. The van der Waals surface area contributed by atoms with Gasteiger partial charge in [-0.05, 0) is 56.0 Å². The van der Waals surface area contributed by atoms with E-state index in [2.05, 4.69) is 20.3 Å². The fourth-order valence-corrected chi connectivity index (χ4v) is 3.96. The van der Waals surface area contributed by atoms with Crippen LogP contribution in [-0.4, -0.2) is 49.4 Å². The van der Waals surface area contributed by atoms with Crippen LogP contribution in [0.15, 0.2) is 36.7 Å². The Morgan fingerprint density at radius 3 is 2.90 bits per heavy atom. The number of hydrogen-bond acceptors (Lipinski definition) is 6. The molecule has 1 amide bonds. The summed E-state index contributed by atoms with van der Waals surface area (Å²) in [5.41, 5.74) is 1.12. The quantitative estimate of drug-likeness (QED) is 0.557. The van der Waals surface area contributed by atoms with Gasteiger partial charge in [-0.2, -0.15) is 5.10 Å². The van der Waals surface area contributed by atoms with Crippen molar-refractivity contribution in [2.75, 3.05) is 18.0 Å². The number of aromatic nitrogens is 3. The zero-order valence-electron chi connectivity index (χ0n) is 17.5. The van der Waals surface area contributed by atoms with Crippen LogP contribution < -0.4 is 10.2 Å². The van der Waals surface area contributed by atoms with Gasteiger partial charge in [0.05, 0.1) is 24.4 Å². The molecule has 3 aromatic rings. The van der Waals surface area contributed by atoms with Crippen molar-refractivity contribution in [1.29, 1.82) is 0 Å². The summed E-state index contributed by atoms with van der Waals surface area (Å²) in [5, 5.41) is 26.5. The van der Waals surface area contributed by atoms with Crippen molar-refractivity contribution >= 4 is 17.4 Å². The summed E-state index contributed by atoms with van der Waals surface area (Å²) < 4.78 is 15.5. The molecule has 164 valence electrons. The second-order valence-corrected chi connectivity index (χ2v) is 8.46. The first-order chi connectivity index (χ1) is 14.8. The molecular formula is C22H26FN5O3. The van der Waals surface area contributed by atoms with E-state index in [-0.39, 0.29) is 30.9 Å². The van der Waals surface area contributed by atoms with Gasteiger partial charge in [0.15, 0.2) is 5.65 Å². The number of hydrogen-bond donors (Lipinski definition) is 3. The molecule has 0 saturated carbocycles. The van der Waals surface area contributed by atoms with Crippen molar-refractivity contribution in [2.24, 2.45) is 0 Å². The molecule has 1 saturated heterocycles. The number of aliphatic hydroxyl groups excluding tert-OH is 1. The lowest BCUT2D eigenvalue weighted by Gasteiger charge is -2.27. The maximum absolute atomic E-state index is 13.9. The Bertz CT molecular complexity index is 1110. The molecule has 1 atom stereocenters. The van der Waals surface area contributed by atoms with Crippen molar-refractivity contribution in [1.82, 2.24) is 19.9 Å². The third-order valence-corrected chi connectivity index (χ3v) is 5.46. The first kappa shape index (κ1) is 21.2. The van der Waals surface area contributed by atoms with E-state index in [0.717, 1.165) is 24.9 Å². The van der Waals surface area contributed by atoms with Crippen molar-refractivity contribution in [3.63, 3.8) is 0 Å². The minimum Gasteiger partial charge on any atom is -0.392 e. The summed E-state index contributed by atoms with van der Waals surface area (Å²) in [6.45, 7) is 3.88. The van der Waals surface area contributed by atoms with Gasteiger partial charge < -0.3 is 20.4 Å². The molecule has 0 aliphatic carbocycles. The molecule has 2 aromatic heterocycles. The standard InChI is InChI=1S/C22H26FN5O3/c1-22(2,31)13-24-21(30)17-11-25-28-9-7-19(26-20(17)28)27-8-3-4-18(27)16-10-15(23)6-5-14(16)12-29/h5-7,9-11,18,29,31H,3-4,8,12-13H2,1-2H3,(H,24,30)/t18-/m1/s1. The SMILES string of the molecule is CC(C)(O)CNC(=O)c1cnn2ccc(N3CCC[C@@H]3c3cc(F)ccc3CO)nc12. The van der Waals surface area contributed by atoms with Crippen molar-refractivity contribution in [3.05, 3.63) is 59.2 Å². The van der Waals surface area contributed by atoms with Gasteiger partial charge in [0, 0.05) is 19.3 Å². The first-order valence-corrected chi connectivity index (χ1v) is 10.3. The molecule has 4 rings (SSSR count). The van der Waals surface area contributed by atoms with E-state index in [9.17, 15) is 19.4 Å². The molecule has 3 heterocycles. The lowest BCUT2D eigenvalue weighted by Crippen LogP contribution is -2.38. The van der Waals surface area contributed by atoms with Crippen molar-refractivity contribution in [2.45, 2.75) is 44.9 Å². The van der Waals surface area contributed by atoms with E-state index in [4.69, 9.17) is 0 Å². The van der Waals surface area contributed by atoms with Gasteiger partial charge in [0.2, 0.25) is 0 Å². The number of anilines is 1. The third-order valence-electron chi connectivity index (χ3n) is 5.46. The molecule has 1 aliphatic heterocycles. The zero-order valence-corrected chi connectivity index (χ0v) is 17.5. The largest absolute Gasteiger partial charge is 0.392 e. The van der Waals surface area contributed by atoms with Crippen LogP contribution in [0.2, 0.25) is 0 Å². The number of rotatable bonds is 6. The summed E-state index contributed by atoms with van der Waals surface area (Å²) in [7, 11) is 0. The van der Waals surface area contributed by atoms with Gasteiger partial charge in [0.1, 0.15) is 17.2 Å². The Morgan fingerprint density at radius 2 is 2.16 bits per heavy atom. The van der Waals surface area contributed by atoms with E-state index in [1.807, 2.05) is 6.07 Å². The van der Waals surface area contributed by atoms with Crippen LogP contribution in [0.1, 0.15) is 54.2 Å². The van der Waals surface area contributed by atoms with Crippen LogP contribution in [0, 0.1) is 5.82 Å². The molecule has 1 aromatic carbocycles. The van der Waals surface area contributed by atoms with E-state index in [1.165, 1.54) is 22.8 Å². The molecule has 31 heavy (non-hydrogen) atoms. The number of benzene rings is 1. The highest BCUT2D eigenvalue weighted by atomic mass is 19.1. The summed E-state index contributed by atoms with van der Waals surface area (Å²) >= 11 is 0. The number of carbonyl (C=O) groups is 1. The summed E-state index contributed by atoms with van der Waals surface area (Å²) in [6, 6.07) is 6.13. The topological polar surface area (TPSA) is 103 Å². The monoisotopic (exact) mass is 427 g/mol. The third kappa shape index (κ3) is 4.38. The summed E-state index contributed by atoms with van der Waals surface area (Å²) in [6.07, 6.45) is 4.89. The van der Waals surface area contributed by atoms with E-state index in [0.29, 0.717) is 22.6 Å². The highest BCUT2D eigenvalue weighted by molar-refractivity contribution is 5.99. The second-order valence-electron chi connectivity index (χ2n) is 8.46. The van der Waals surface area contributed by atoms with Crippen LogP contribution in [0.3, 0.4) is 0 Å². The highest BCUT2D eigenvalue weighted by Gasteiger charge is 2.30. The van der Waals surface area contributed by atoms with Gasteiger partial charge in [-0.3, -0.25) is 4.79 Å². The molecule has 1 fully saturated rings. The number of halogens is 1. The van der Waals surface area contributed by atoms with E-state index >= 15 is 0 Å². The maximum atomic E-state index is 13.9. The molecule has 1 aliphatic rings. The lowest BCUT2D eigenvalue weighted by molar-refractivity contribution is 0.0695. The summed E-state index contributed by atoms with van der Waals surface area (Å²) in [4.78, 5) is 19.4. The highest BCUT2D eigenvalue weighted by Crippen LogP contribution is 2.37. The Morgan fingerprint density at radius 1 is 1.35 bits per heavy atom. The van der Waals surface area contributed by atoms with Crippen LogP contribution in [0.4, 0.5) is 10.2 Å². The van der Waals surface area contributed by atoms with Gasteiger partial charge in [-0.25, -0.2) is 13.9 Å². The fourth-order valence-electron chi connectivity index (χ4n) is 3.96. The molecule has 0 radical (unpaired) electrons. The van der Waals surface area contributed by atoms with Crippen molar-refractivity contribution in [3.8, 4) is 0 Å². The Labute approximate surface area is 179 Å². The number of nitrogens with one attached hydrogen (secondary N) is 1. The van der Waals surface area contributed by atoms with Gasteiger partial charge in [0.25, 0.3) is 5.91 Å². The number of carbonyl (C=O) groups excluding carboxylic acids is 1. The molecule has 3 N–H and O–H groups in total. The molecule has 0 bridgehead atoms. The minimum absolute atomic E-state index is 0.0978. The lowest BCUT2D eigenvalue weighted by atomic mass is 9.98. The van der Waals surface area contributed by atoms with Crippen LogP contribution >= 0.6 is 0 Å². The molecule has 0 spiro atoms. The molecule has 0 unspecified atom stereocenters. The molecule has 9 heteroatoms. The van der Waals surface area contributed by atoms with E-state index < -0.39 is 5.60 Å². The predicted octanol–water partition coefficient (Wildman–Crippen LogP) is 2.20. The van der Waals surface area contributed by atoms with Crippen LogP contribution in [0.25, 0.3) is 5.65 Å². The van der Waals surface area contributed by atoms with Crippen LogP contribution in [-0.2, 0) is 6.61 Å². The van der Waals surface area contributed by atoms with Gasteiger partial charge in [-0.1, -0.05) is 6.07 Å². The smallest absolute Gasteiger partial charge is 0.256 e. The minimum atomic E-state index is -1.03. The Balaban J connectivity index is 1.67.